The van der Waals surface area contributed by atoms with Gasteiger partial charge in [-0.15, -0.1) is 0 Å². The zero-order valence-corrected chi connectivity index (χ0v) is 19.9. The fourth-order valence-corrected chi connectivity index (χ4v) is 3.72. The Hall–Kier alpha value is -1.64. The first-order valence-corrected chi connectivity index (χ1v) is 12.4. The molecule has 0 aliphatic rings. The Morgan fingerprint density at radius 2 is 1.43 bits per heavy atom. The monoisotopic (exact) mass is 415 g/mol. The molecule has 0 saturated carbocycles. The summed E-state index contributed by atoms with van der Waals surface area (Å²) in [6, 6.07) is 4.14. The second-order valence-corrected chi connectivity index (χ2v) is 8.76. The highest BCUT2D eigenvalue weighted by Gasteiger charge is 2.13. The molecule has 1 aromatic rings. The van der Waals surface area contributed by atoms with Crippen molar-refractivity contribution in [3.05, 3.63) is 41.7 Å². The summed E-state index contributed by atoms with van der Waals surface area (Å²) in [5.41, 5.74) is 2.50. The van der Waals surface area contributed by atoms with E-state index in [-0.39, 0.29) is 12.1 Å². The van der Waals surface area contributed by atoms with E-state index in [0.717, 1.165) is 12.1 Å². The van der Waals surface area contributed by atoms with Crippen LogP contribution in [-0.2, 0) is 16.0 Å². The Morgan fingerprint density at radius 1 is 0.933 bits per heavy atom. The molecule has 0 radical (unpaired) electrons. The molecule has 0 aliphatic heterocycles. The third-order valence-electron chi connectivity index (χ3n) is 5.71. The lowest BCUT2D eigenvalue weighted by molar-refractivity contribution is -0.143. The molecule has 3 heteroatoms. The minimum Gasteiger partial charge on any atom is -0.453 e. The Bertz CT molecular complexity index is 596. The quantitative estimate of drug-likeness (QED) is 0.137. The molecular formula is C27H45NO2. The van der Waals surface area contributed by atoms with Gasteiger partial charge in [0.15, 0.2) is 0 Å². The van der Waals surface area contributed by atoms with E-state index in [9.17, 15) is 4.79 Å². The van der Waals surface area contributed by atoms with Gasteiger partial charge < -0.3 is 4.74 Å². The van der Waals surface area contributed by atoms with Gasteiger partial charge in [-0.05, 0) is 44.4 Å². The molecule has 0 saturated heterocycles. The van der Waals surface area contributed by atoms with Crippen LogP contribution in [-0.4, -0.2) is 11.0 Å². The maximum absolute atomic E-state index is 11.7. The van der Waals surface area contributed by atoms with Crippen molar-refractivity contribution in [2.24, 2.45) is 0 Å². The highest BCUT2D eigenvalue weighted by Crippen LogP contribution is 2.19. The summed E-state index contributed by atoms with van der Waals surface area (Å²) in [4.78, 5) is 16.0. The number of nitrogens with zero attached hydrogens (tertiary/aromatic N) is 1. The predicted molar refractivity (Wildman–Crippen MR) is 128 cm³/mol. The number of hydrogen-bond acceptors (Lipinski definition) is 3. The molecule has 0 fully saturated rings. The molecule has 0 amide bonds. The van der Waals surface area contributed by atoms with E-state index in [0.29, 0.717) is 5.57 Å². The van der Waals surface area contributed by atoms with Crippen molar-refractivity contribution < 1.29 is 9.53 Å². The Balaban J connectivity index is 2.05. The summed E-state index contributed by atoms with van der Waals surface area (Å²) >= 11 is 0. The van der Waals surface area contributed by atoms with Crippen LogP contribution in [0.4, 0.5) is 0 Å². The summed E-state index contributed by atoms with van der Waals surface area (Å²) in [5, 5.41) is 0. The maximum atomic E-state index is 11.7. The third-order valence-corrected chi connectivity index (χ3v) is 5.71. The van der Waals surface area contributed by atoms with Crippen molar-refractivity contribution in [2.45, 2.75) is 123 Å². The largest absolute Gasteiger partial charge is 0.453 e. The molecule has 0 aromatic carbocycles. The molecule has 0 aliphatic carbocycles. The Kier molecular flexibility index (Phi) is 15.0. The molecule has 0 N–H and O–H groups in total. The van der Waals surface area contributed by atoms with E-state index in [2.05, 4.69) is 30.6 Å². The van der Waals surface area contributed by atoms with E-state index >= 15 is 0 Å². The van der Waals surface area contributed by atoms with Gasteiger partial charge in [0, 0.05) is 11.8 Å². The van der Waals surface area contributed by atoms with Crippen LogP contribution in [0.3, 0.4) is 0 Å². The molecular weight excluding hydrogens is 370 g/mol. The van der Waals surface area contributed by atoms with Crippen LogP contribution in [0.25, 0.3) is 0 Å². The number of carbonyl (C=O) groups is 1. The third kappa shape index (κ3) is 12.8. The average Bonchev–Trinajstić information content (AvgIpc) is 2.74. The molecule has 3 nitrogen and oxygen atoms in total. The van der Waals surface area contributed by atoms with Crippen molar-refractivity contribution in [3.63, 3.8) is 0 Å². The van der Waals surface area contributed by atoms with Gasteiger partial charge in [-0.3, -0.25) is 4.98 Å². The Morgan fingerprint density at radius 3 is 1.93 bits per heavy atom. The molecule has 1 atom stereocenters. The summed E-state index contributed by atoms with van der Waals surface area (Å²) < 4.78 is 5.38. The second kappa shape index (κ2) is 17.1. The first-order chi connectivity index (χ1) is 14.5. The summed E-state index contributed by atoms with van der Waals surface area (Å²) in [7, 11) is 0. The molecule has 1 rings (SSSR count). The van der Waals surface area contributed by atoms with Crippen LogP contribution >= 0.6 is 0 Å². The number of rotatable bonds is 18. The SMILES string of the molecule is C=C(C)C(=O)OC(C)c1cc(CCCCCCCCCCCCCCCC)ccn1. The molecule has 170 valence electrons. The van der Waals surface area contributed by atoms with Gasteiger partial charge >= 0.3 is 5.97 Å². The van der Waals surface area contributed by atoms with Gasteiger partial charge in [0.1, 0.15) is 6.10 Å². The standard InChI is InChI=1S/C27H45NO2/c1-5-6-7-8-9-10-11-12-13-14-15-16-17-18-19-25-20-21-28-26(22-25)24(4)30-27(29)23(2)3/h20-22,24H,2,5-19H2,1,3-4H3. The highest BCUT2D eigenvalue weighted by molar-refractivity contribution is 5.87. The summed E-state index contributed by atoms with van der Waals surface area (Å²) in [5.74, 6) is -0.360. The van der Waals surface area contributed by atoms with Gasteiger partial charge in [0.2, 0.25) is 0 Å². The van der Waals surface area contributed by atoms with Crippen molar-refractivity contribution in [3.8, 4) is 0 Å². The molecule has 0 spiro atoms. The van der Waals surface area contributed by atoms with E-state index in [1.165, 1.54) is 95.5 Å². The fourth-order valence-electron chi connectivity index (χ4n) is 3.72. The van der Waals surface area contributed by atoms with E-state index < -0.39 is 0 Å². The molecule has 1 heterocycles. The minimum atomic E-state index is -0.360. The van der Waals surface area contributed by atoms with Crippen molar-refractivity contribution in [1.82, 2.24) is 4.98 Å². The maximum Gasteiger partial charge on any atom is 0.333 e. The van der Waals surface area contributed by atoms with Crippen molar-refractivity contribution >= 4 is 5.97 Å². The fraction of sp³-hybridized carbons (Fsp3) is 0.704. The lowest BCUT2D eigenvalue weighted by Crippen LogP contribution is -2.10. The number of hydrogen-bond donors (Lipinski definition) is 0. The topological polar surface area (TPSA) is 39.2 Å². The van der Waals surface area contributed by atoms with Crippen LogP contribution in [0.1, 0.15) is 128 Å². The number of pyridine rings is 1. The van der Waals surface area contributed by atoms with Crippen molar-refractivity contribution in [1.29, 1.82) is 0 Å². The number of carbonyl (C=O) groups excluding carboxylic acids is 1. The second-order valence-electron chi connectivity index (χ2n) is 8.76. The van der Waals surface area contributed by atoms with Crippen LogP contribution in [0.2, 0.25) is 0 Å². The van der Waals surface area contributed by atoms with Gasteiger partial charge in [-0.25, -0.2) is 4.79 Å². The smallest absolute Gasteiger partial charge is 0.333 e. The number of ether oxygens (including phenoxy) is 1. The Labute approximate surface area is 185 Å². The van der Waals surface area contributed by atoms with Crippen LogP contribution in [0.15, 0.2) is 30.5 Å². The first-order valence-electron chi connectivity index (χ1n) is 12.4. The minimum absolute atomic E-state index is 0.342. The predicted octanol–water partition coefficient (Wildman–Crippen LogP) is 8.29. The molecule has 0 bridgehead atoms. The summed E-state index contributed by atoms with van der Waals surface area (Å²) in [6.07, 6.45) is 21.9. The number of esters is 1. The lowest BCUT2D eigenvalue weighted by Gasteiger charge is -2.13. The zero-order valence-electron chi connectivity index (χ0n) is 19.9. The van der Waals surface area contributed by atoms with E-state index in [1.807, 2.05) is 13.1 Å². The van der Waals surface area contributed by atoms with Gasteiger partial charge in [0.05, 0.1) is 5.69 Å². The first kappa shape index (κ1) is 26.4. The average molecular weight is 416 g/mol. The van der Waals surface area contributed by atoms with Gasteiger partial charge in [-0.2, -0.15) is 0 Å². The van der Waals surface area contributed by atoms with E-state index in [1.54, 1.807) is 6.92 Å². The number of aromatic nitrogens is 1. The zero-order chi connectivity index (χ0) is 22.0. The van der Waals surface area contributed by atoms with Gasteiger partial charge in [-0.1, -0.05) is 97.0 Å². The number of aryl methyl sites for hydroxylation is 1. The molecule has 1 aromatic heterocycles. The highest BCUT2D eigenvalue weighted by atomic mass is 16.5. The normalized spacial score (nSPS) is 12.0. The van der Waals surface area contributed by atoms with Crippen LogP contribution in [0, 0.1) is 0 Å². The number of unbranched alkanes of at least 4 members (excludes halogenated alkanes) is 13. The van der Waals surface area contributed by atoms with E-state index in [4.69, 9.17) is 4.74 Å². The molecule has 1 unspecified atom stereocenters. The van der Waals surface area contributed by atoms with Crippen LogP contribution < -0.4 is 0 Å². The summed E-state index contributed by atoms with van der Waals surface area (Å²) in [6.45, 7) is 9.43. The van der Waals surface area contributed by atoms with Gasteiger partial charge in [0.25, 0.3) is 0 Å². The van der Waals surface area contributed by atoms with Crippen molar-refractivity contribution in [2.75, 3.05) is 0 Å². The molecule has 30 heavy (non-hydrogen) atoms. The van der Waals surface area contributed by atoms with Crippen LogP contribution in [0.5, 0.6) is 0 Å². The lowest BCUT2D eigenvalue weighted by atomic mass is 10.0.